The monoisotopic (exact) mass is 390 g/mol. The van der Waals surface area contributed by atoms with Gasteiger partial charge in [0.2, 0.25) is 0 Å². The highest BCUT2D eigenvalue weighted by molar-refractivity contribution is 6.07. The van der Waals surface area contributed by atoms with Crippen molar-refractivity contribution in [1.29, 1.82) is 0 Å². The molecule has 2 aromatic rings. The molecule has 0 aliphatic carbocycles. The Balaban J connectivity index is 2.39. The molecule has 2 rings (SSSR count). The van der Waals surface area contributed by atoms with Crippen molar-refractivity contribution < 1.29 is 28.7 Å². The van der Waals surface area contributed by atoms with E-state index in [1.807, 2.05) is 13.8 Å². The number of anilines is 1. The maximum Gasteiger partial charge on any atom is 0.286 e. The topological polar surface area (TPSA) is 109 Å². The first-order valence-corrected chi connectivity index (χ1v) is 8.56. The lowest BCUT2D eigenvalue weighted by atomic mass is 10.1. The zero-order valence-corrected chi connectivity index (χ0v) is 16.1. The van der Waals surface area contributed by atoms with Gasteiger partial charge in [0.25, 0.3) is 11.6 Å². The van der Waals surface area contributed by atoms with Crippen LogP contribution in [0.25, 0.3) is 0 Å². The van der Waals surface area contributed by atoms with Crippen molar-refractivity contribution in [3.05, 3.63) is 46.0 Å². The van der Waals surface area contributed by atoms with Crippen LogP contribution in [0.4, 0.5) is 11.4 Å². The number of amides is 1. The molecule has 0 atom stereocenters. The van der Waals surface area contributed by atoms with Crippen molar-refractivity contribution in [2.24, 2.45) is 0 Å². The Hall–Kier alpha value is -3.49. The summed E-state index contributed by atoms with van der Waals surface area (Å²) in [6.07, 6.45) is 0. The molecule has 0 heterocycles. The normalized spacial score (nSPS) is 10.1. The summed E-state index contributed by atoms with van der Waals surface area (Å²) in [6.45, 7) is 4.55. The second-order valence-electron chi connectivity index (χ2n) is 5.46. The van der Waals surface area contributed by atoms with E-state index in [4.69, 9.17) is 18.9 Å². The standard InChI is InChI=1S/C19H22N2O7/c1-5-27-15-8-7-12(9-18(15)28-6-2)20-19(22)13-10-16(25-3)17(26-4)11-14(13)21(23)24/h7-11H,5-6H2,1-4H3,(H,20,22). The van der Waals surface area contributed by atoms with Crippen LogP contribution >= 0.6 is 0 Å². The van der Waals surface area contributed by atoms with E-state index in [-0.39, 0.29) is 17.1 Å². The van der Waals surface area contributed by atoms with E-state index in [0.29, 0.717) is 30.4 Å². The van der Waals surface area contributed by atoms with Gasteiger partial charge in [-0.15, -0.1) is 0 Å². The third-order valence-electron chi connectivity index (χ3n) is 3.74. The average molecular weight is 390 g/mol. The zero-order chi connectivity index (χ0) is 20.7. The quantitative estimate of drug-likeness (QED) is 0.514. The minimum atomic E-state index is -0.667. The molecular formula is C19H22N2O7. The van der Waals surface area contributed by atoms with Crippen LogP contribution in [0.3, 0.4) is 0 Å². The predicted molar refractivity (Wildman–Crippen MR) is 103 cm³/mol. The fourth-order valence-electron chi connectivity index (χ4n) is 2.53. The average Bonchev–Trinajstić information content (AvgIpc) is 2.69. The van der Waals surface area contributed by atoms with E-state index >= 15 is 0 Å². The van der Waals surface area contributed by atoms with Gasteiger partial charge in [-0.2, -0.15) is 0 Å². The molecule has 2 aromatic carbocycles. The van der Waals surface area contributed by atoms with E-state index < -0.39 is 16.5 Å². The number of nitro groups is 1. The van der Waals surface area contributed by atoms with Crippen LogP contribution in [0.2, 0.25) is 0 Å². The number of hydrogen-bond donors (Lipinski definition) is 1. The fourth-order valence-corrected chi connectivity index (χ4v) is 2.53. The molecule has 0 aromatic heterocycles. The number of rotatable bonds is 9. The van der Waals surface area contributed by atoms with Crippen molar-refractivity contribution in [1.82, 2.24) is 0 Å². The lowest BCUT2D eigenvalue weighted by Gasteiger charge is -2.14. The number of benzene rings is 2. The second kappa shape index (κ2) is 9.45. The number of nitro benzene ring substituents is 1. The Labute approximate surface area is 162 Å². The minimum Gasteiger partial charge on any atom is -0.493 e. The summed E-state index contributed by atoms with van der Waals surface area (Å²) >= 11 is 0. The highest BCUT2D eigenvalue weighted by atomic mass is 16.6. The van der Waals surface area contributed by atoms with Crippen molar-refractivity contribution in [2.75, 3.05) is 32.8 Å². The summed E-state index contributed by atoms with van der Waals surface area (Å²) in [5.74, 6) is 0.702. The van der Waals surface area contributed by atoms with Crippen LogP contribution in [-0.4, -0.2) is 38.3 Å². The molecule has 28 heavy (non-hydrogen) atoms. The third kappa shape index (κ3) is 4.61. The van der Waals surface area contributed by atoms with E-state index in [2.05, 4.69) is 5.32 Å². The molecule has 0 unspecified atom stereocenters. The largest absolute Gasteiger partial charge is 0.493 e. The van der Waals surface area contributed by atoms with Crippen molar-refractivity contribution >= 4 is 17.3 Å². The Morgan fingerprint density at radius 2 is 1.57 bits per heavy atom. The molecule has 0 radical (unpaired) electrons. The second-order valence-corrected chi connectivity index (χ2v) is 5.46. The number of nitrogens with one attached hydrogen (secondary N) is 1. The summed E-state index contributed by atoms with van der Waals surface area (Å²) in [5.41, 5.74) is -0.151. The van der Waals surface area contributed by atoms with Gasteiger partial charge in [-0.1, -0.05) is 0 Å². The highest BCUT2D eigenvalue weighted by Crippen LogP contribution is 2.35. The third-order valence-corrected chi connectivity index (χ3v) is 3.74. The van der Waals surface area contributed by atoms with Gasteiger partial charge in [0, 0.05) is 17.8 Å². The Morgan fingerprint density at radius 1 is 0.964 bits per heavy atom. The first-order chi connectivity index (χ1) is 13.4. The van der Waals surface area contributed by atoms with Crippen LogP contribution in [0, 0.1) is 10.1 Å². The van der Waals surface area contributed by atoms with Gasteiger partial charge in [-0.3, -0.25) is 14.9 Å². The molecule has 0 aliphatic rings. The summed E-state index contributed by atoms with van der Waals surface area (Å²) < 4.78 is 21.2. The van der Waals surface area contributed by atoms with Crippen LogP contribution in [0.1, 0.15) is 24.2 Å². The van der Waals surface area contributed by atoms with Gasteiger partial charge < -0.3 is 24.3 Å². The number of carbonyl (C=O) groups excluding carboxylic acids is 1. The van der Waals surface area contributed by atoms with Crippen molar-refractivity contribution in [3.63, 3.8) is 0 Å². The molecule has 1 N–H and O–H groups in total. The van der Waals surface area contributed by atoms with Gasteiger partial charge in [0.1, 0.15) is 5.56 Å². The van der Waals surface area contributed by atoms with E-state index in [0.717, 1.165) is 6.07 Å². The molecule has 0 aliphatic heterocycles. The highest BCUT2D eigenvalue weighted by Gasteiger charge is 2.25. The molecule has 150 valence electrons. The SMILES string of the molecule is CCOc1ccc(NC(=O)c2cc(OC)c(OC)cc2[N+](=O)[O-])cc1OCC. The number of methoxy groups -OCH3 is 2. The molecule has 9 heteroatoms. The van der Waals surface area contributed by atoms with Gasteiger partial charge >= 0.3 is 0 Å². The smallest absolute Gasteiger partial charge is 0.286 e. The summed E-state index contributed by atoms with van der Waals surface area (Å²) in [4.78, 5) is 23.4. The van der Waals surface area contributed by atoms with Gasteiger partial charge in [0.15, 0.2) is 23.0 Å². The number of hydrogen-bond acceptors (Lipinski definition) is 7. The predicted octanol–water partition coefficient (Wildman–Crippen LogP) is 3.66. The Kier molecular flexibility index (Phi) is 7.02. The number of carbonyl (C=O) groups is 1. The van der Waals surface area contributed by atoms with Crippen LogP contribution in [-0.2, 0) is 0 Å². The van der Waals surface area contributed by atoms with Crippen molar-refractivity contribution in [2.45, 2.75) is 13.8 Å². The van der Waals surface area contributed by atoms with E-state index in [1.165, 1.54) is 20.3 Å². The van der Waals surface area contributed by atoms with Crippen LogP contribution < -0.4 is 24.3 Å². The Morgan fingerprint density at radius 3 is 2.14 bits per heavy atom. The molecule has 9 nitrogen and oxygen atoms in total. The summed E-state index contributed by atoms with van der Waals surface area (Å²) in [6, 6.07) is 7.30. The zero-order valence-electron chi connectivity index (χ0n) is 16.1. The maximum atomic E-state index is 12.7. The molecule has 0 spiro atoms. The fraction of sp³-hybridized carbons (Fsp3) is 0.316. The van der Waals surface area contributed by atoms with Crippen LogP contribution in [0.15, 0.2) is 30.3 Å². The lowest BCUT2D eigenvalue weighted by Crippen LogP contribution is -2.14. The minimum absolute atomic E-state index is 0.158. The van der Waals surface area contributed by atoms with Crippen molar-refractivity contribution in [3.8, 4) is 23.0 Å². The molecule has 0 saturated heterocycles. The summed E-state index contributed by atoms with van der Waals surface area (Å²) in [5, 5.41) is 14.0. The van der Waals surface area contributed by atoms with Gasteiger partial charge in [0.05, 0.1) is 38.4 Å². The summed E-state index contributed by atoms with van der Waals surface area (Å²) in [7, 11) is 2.74. The maximum absolute atomic E-state index is 12.7. The number of ether oxygens (including phenoxy) is 4. The Bertz CT molecular complexity index is 868. The van der Waals surface area contributed by atoms with E-state index in [1.54, 1.807) is 18.2 Å². The van der Waals surface area contributed by atoms with Crippen LogP contribution in [0.5, 0.6) is 23.0 Å². The molecule has 0 saturated carbocycles. The molecule has 0 bridgehead atoms. The first kappa shape index (κ1) is 20.8. The molecular weight excluding hydrogens is 368 g/mol. The lowest BCUT2D eigenvalue weighted by molar-refractivity contribution is -0.385. The first-order valence-electron chi connectivity index (χ1n) is 8.56. The van der Waals surface area contributed by atoms with Gasteiger partial charge in [-0.05, 0) is 26.0 Å². The molecule has 1 amide bonds. The molecule has 0 fully saturated rings. The van der Waals surface area contributed by atoms with Gasteiger partial charge in [-0.25, -0.2) is 0 Å². The number of nitrogens with zero attached hydrogens (tertiary/aromatic N) is 1. The van der Waals surface area contributed by atoms with E-state index in [9.17, 15) is 14.9 Å².